The van der Waals surface area contributed by atoms with E-state index in [0.29, 0.717) is 61.0 Å². The smallest absolute Gasteiger partial charge is 0.328 e. The van der Waals surface area contributed by atoms with E-state index < -0.39 is 11.4 Å². The maximum Gasteiger partial charge on any atom is 0.328 e. The van der Waals surface area contributed by atoms with E-state index in [1.807, 2.05) is 14.1 Å². The van der Waals surface area contributed by atoms with E-state index >= 15 is 0 Å². The van der Waals surface area contributed by atoms with Crippen LogP contribution in [0.4, 0.5) is 22.1 Å². The number of ether oxygens (including phenoxy) is 1. The minimum absolute atomic E-state index is 0.0524. The van der Waals surface area contributed by atoms with Crippen molar-refractivity contribution in [2.75, 3.05) is 49.9 Å². The highest BCUT2D eigenvalue weighted by Gasteiger charge is 2.60. The fourth-order valence-electron chi connectivity index (χ4n) is 5.64. The van der Waals surface area contributed by atoms with E-state index in [-0.39, 0.29) is 29.5 Å². The van der Waals surface area contributed by atoms with Crippen LogP contribution < -0.4 is 20.9 Å². The molecule has 3 N–H and O–H groups in total. The molecule has 0 aromatic carbocycles. The van der Waals surface area contributed by atoms with Crippen molar-refractivity contribution in [2.45, 2.75) is 49.2 Å². The van der Waals surface area contributed by atoms with Crippen molar-refractivity contribution in [3.05, 3.63) is 41.2 Å². The molecule has 2 aromatic rings. The summed E-state index contributed by atoms with van der Waals surface area (Å²) in [6, 6.07) is 6.84. The Morgan fingerprint density at radius 3 is 2.74 bits per heavy atom. The largest absolute Gasteiger partial charge is 0.383 e. The number of rotatable bonds is 9. The standard InChI is InChI=1S/C27H32N8O4/c1-34(2)19-8-18(9-19)32-25(37)27-11-20(12-27)35(24-21(27)5-4-17(15-36)31-24)26(38)33-23-10-22(29-6-7-39-3)16(13-28)14-30-23/h4-5,10,14-15,18-20H,6-9,11-12H2,1-3H3,(H,32,37)(H2,29,30,33,38). The molecule has 0 radical (unpaired) electrons. The molecular weight excluding hydrogens is 500 g/mol. The summed E-state index contributed by atoms with van der Waals surface area (Å²) in [4.78, 5) is 50.9. The Hall–Kier alpha value is -4.08. The minimum atomic E-state index is -0.778. The number of carbonyl (C=O) groups is 3. The summed E-state index contributed by atoms with van der Waals surface area (Å²) >= 11 is 0. The van der Waals surface area contributed by atoms with E-state index in [1.165, 1.54) is 11.1 Å². The van der Waals surface area contributed by atoms with Crippen molar-refractivity contribution in [1.82, 2.24) is 20.2 Å². The zero-order valence-corrected chi connectivity index (χ0v) is 22.2. The first-order valence-corrected chi connectivity index (χ1v) is 13.0. The van der Waals surface area contributed by atoms with Gasteiger partial charge in [-0.2, -0.15) is 5.26 Å². The summed E-state index contributed by atoms with van der Waals surface area (Å²) < 4.78 is 5.05. The van der Waals surface area contributed by atoms with Gasteiger partial charge in [-0.25, -0.2) is 14.8 Å². The third kappa shape index (κ3) is 4.79. The normalized spacial score (nSPS) is 24.5. The molecule has 0 atom stereocenters. The molecule has 0 unspecified atom stereocenters. The van der Waals surface area contributed by atoms with Gasteiger partial charge in [0, 0.05) is 49.6 Å². The molecule has 6 rings (SSSR count). The van der Waals surface area contributed by atoms with Crippen molar-refractivity contribution < 1.29 is 19.1 Å². The Balaban J connectivity index is 1.37. The topological polar surface area (TPSA) is 153 Å². The van der Waals surface area contributed by atoms with Crippen LogP contribution in [-0.4, -0.2) is 85.6 Å². The first kappa shape index (κ1) is 26.5. The molecule has 3 amide bonds. The molecule has 0 spiro atoms. The van der Waals surface area contributed by atoms with Gasteiger partial charge in [-0.15, -0.1) is 0 Å². The van der Waals surface area contributed by atoms with Gasteiger partial charge in [0.25, 0.3) is 0 Å². The molecule has 2 aliphatic carbocycles. The van der Waals surface area contributed by atoms with Crippen LogP contribution in [0.5, 0.6) is 0 Å². The van der Waals surface area contributed by atoms with Crippen molar-refractivity contribution in [3.63, 3.8) is 0 Å². The highest BCUT2D eigenvalue weighted by atomic mass is 16.5. The zero-order valence-electron chi connectivity index (χ0n) is 22.2. The lowest BCUT2D eigenvalue weighted by molar-refractivity contribution is -0.132. The van der Waals surface area contributed by atoms with Gasteiger partial charge in [-0.3, -0.25) is 19.8 Å². The zero-order chi connectivity index (χ0) is 27.7. The Kier molecular flexibility index (Phi) is 7.20. The summed E-state index contributed by atoms with van der Waals surface area (Å²) in [5.74, 6) is 0.506. The predicted octanol–water partition coefficient (Wildman–Crippen LogP) is 1.88. The Bertz CT molecular complexity index is 1330. The van der Waals surface area contributed by atoms with Gasteiger partial charge in [-0.05, 0) is 45.8 Å². The fourth-order valence-corrected chi connectivity index (χ4v) is 5.64. The first-order valence-electron chi connectivity index (χ1n) is 13.0. The van der Waals surface area contributed by atoms with Gasteiger partial charge >= 0.3 is 6.03 Å². The number of nitriles is 1. The van der Waals surface area contributed by atoms with Crippen LogP contribution in [0.3, 0.4) is 0 Å². The number of hydrogen-bond acceptors (Lipinski definition) is 9. The summed E-state index contributed by atoms with van der Waals surface area (Å²) in [5.41, 5.74) is 0.897. The molecule has 4 heterocycles. The summed E-state index contributed by atoms with van der Waals surface area (Å²) in [7, 11) is 5.66. The van der Waals surface area contributed by atoms with Crippen LogP contribution >= 0.6 is 0 Å². The van der Waals surface area contributed by atoms with Gasteiger partial charge in [-0.1, -0.05) is 6.07 Å². The molecule has 2 bridgehead atoms. The van der Waals surface area contributed by atoms with Crippen LogP contribution in [0.15, 0.2) is 24.4 Å². The van der Waals surface area contributed by atoms with Gasteiger partial charge in [0.2, 0.25) is 5.91 Å². The van der Waals surface area contributed by atoms with Crippen molar-refractivity contribution >= 4 is 35.5 Å². The van der Waals surface area contributed by atoms with Crippen LogP contribution in [0.1, 0.15) is 47.3 Å². The highest BCUT2D eigenvalue weighted by molar-refractivity contribution is 6.05. The van der Waals surface area contributed by atoms with Gasteiger partial charge in [0.05, 0.1) is 23.3 Å². The molecule has 12 heteroatoms. The number of methoxy groups -OCH3 is 1. The molecule has 2 saturated carbocycles. The predicted molar refractivity (Wildman–Crippen MR) is 144 cm³/mol. The summed E-state index contributed by atoms with van der Waals surface area (Å²) in [6.45, 7) is 0.918. The molecule has 4 aliphatic rings. The maximum absolute atomic E-state index is 13.5. The number of nitrogens with zero attached hydrogens (tertiary/aromatic N) is 5. The number of carbonyl (C=O) groups excluding carboxylic acids is 3. The molecule has 2 fully saturated rings. The Morgan fingerprint density at radius 2 is 2.08 bits per heavy atom. The molecule has 0 saturated heterocycles. The maximum atomic E-state index is 13.5. The highest BCUT2D eigenvalue weighted by Crippen LogP contribution is 2.55. The number of hydrogen-bond donors (Lipinski definition) is 3. The van der Waals surface area contributed by atoms with E-state index in [1.54, 1.807) is 25.3 Å². The van der Waals surface area contributed by atoms with E-state index in [0.717, 1.165) is 12.8 Å². The Labute approximate surface area is 226 Å². The monoisotopic (exact) mass is 532 g/mol. The number of anilines is 3. The Morgan fingerprint density at radius 1 is 1.31 bits per heavy atom. The van der Waals surface area contributed by atoms with Crippen LogP contribution in [0.25, 0.3) is 0 Å². The second-order valence-corrected chi connectivity index (χ2v) is 10.6. The molecule has 2 aromatic heterocycles. The van der Waals surface area contributed by atoms with Crippen molar-refractivity contribution in [3.8, 4) is 6.07 Å². The third-order valence-electron chi connectivity index (χ3n) is 8.01. The number of nitrogens with one attached hydrogen (secondary N) is 3. The average molecular weight is 533 g/mol. The fraction of sp³-hybridized carbons (Fsp3) is 0.481. The van der Waals surface area contributed by atoms with Crippen LogP contribution in [0, 0.1) is 11.3 Å². The molecule has 2 aliphatic heterocycles. The lowest BCUT2D eigenvalue weighted by Gasteiger charge is -2.56. The number of urea groups is 1. The average Bonchev–Trinajstić information content (AvgIpc) is 2.88. The first-order chi connectivity index (χ1) is 18.8. The lowest BCUT2D eigenvalue weighted by atomic mass is 9.57. The molecule has 204 valence electrons. The van der Waals surface area contributed by atoms with Crippen molar-refractivity contribution in [1.29, 1.82) is 5.26 Å². The second-order valence-electron chi connectivity index (χ2n) is 10.6. The van der Waals surface area contributed by atoms with Crippen LogP contribution in [0.2, 0.25) is 0 Å². The number of aromatic nitrogens is 2. The summed E-state index contributed by atoms with van der Waals surface area (Å²) in [5, 5.41) is 18.5. The number of aldehydes is 1. The van der Waals surface area contributed by atoms with Crippen molar-refractivity contribution in [2.24, 2.45) is 0 Å². The minimum Gasteiger partial charge on any atom is -0.383 e. The van der Waals surface area contributed by atoms with E-state index in [4.69, 9.17) is 4.74 Å². The molecule has 39 heavy (non-hydrogen) atoms. The molecular formula is C27H32N8O4. The summed E-state index contributed by atoms with van der Waals surface area (Å²) in [6.07, 6.45) is 4.76. The van der Waals surface area contributed by atoms with Gasteiger partial charge in [0.15, 0.2) is 6.29 Å². The van der Waals surface area contributed by atoms with Crippen LogP contribution in [-0.2, 0) is 14.9 Å². The van der Waals surface area contributed by atoms with E-state index in [9.17, 15) is 19.6 Å². The van der Waals surface area contributed by atoms with Gasteiger partial charge < -0.3 is 20.3 Å². The second kappa shape index (κ2) is 10.6. The number of amides is 3. The van der Waals surface area contributed by atoms with Gasteiger partial charge in [0.1, 0.15) is 23.4 Å². The van der Waals surface area contributed by atoms with E-state index in [2.05, 4.69) is 36.9 Å². The SMILES string of the molecule is COCCNc1cc(NC(=O)N2c3nc(C=O)ccc3C3(C(=O)NC4CC(N(C)C)C4)CC2C3)ncc1C#N. The third-order valence-corrected chi connectivity index (χ3v) is 8.01. The number of pyridine rings is 2. The molecule has 12 nitrogen and oxygen atoms in total. The quantitative estimate of drug-likeness (QED) is 0.325. The lowest BCUT2D eigenvalue weighted by Crippen LogP contribution is -2.67.